The topological polar surface area (TPSA) is 23.8 Å². The summed E-state index contributed by atoms with van der Waals surface area (Å²) in [7, 11) is 0. The van der Waals surface area contributed by atoms with Crippen LogP contribution in [-0.2, 0) is 0 Å². The first-order chi connectivity index (χ1) is 7.83. The highest BCUT2D eigenvalue weighted by atomic mass is 35.5. The molecule has 0 aliphatic carbocycles. The summed E-state index contributed by atoms with van der Waals surface area (Å²) in [5, 5.41) is 9.04. The van der Waals surface area contributed by atoms with E-state index in [9.17, 15) is 8.78 Å². The second-order valence-corrected chi connectivity index (χ2v) is 5.86. The van der Waals surface area contributed by atoms with Gasteiger partial charge in [0, 0.05) is 4.90 Å². The summed E-state index contributed by atoms with van der Waals surface area (Å²) in [4.78, 5) is 0.364. The quantitative estimate of drug-likeness (QED) is 0.580. The van der Waals surface area contributed by atoms with Crippen molar-refractivity contribution in [1.29, 1.82) is 5.26 Å². The van der Waals surface area contributed by atoms with Crippen LogP contribution in [0.4, 0.5) is 8.78 Å². The minimum Gasteiger partial charge on any atom is -0.198 e. The van der Waals surface area contributed by atoms with E-state index in [-0.39, 0.29) is 23.6 Å². The fourth-order valence-electron chi connectivity index (χ4n) is 1.51. The molecule has 0 aliphatic rings. The number of nitriles is 1. The summed E-state index contributed by atoms with van der Waals surface area (Å²) >= 11 is 5.14. The zero-order chi connectivity index (χ0) is 13.1. The third kappa shape index (κ3) is 4.53. The first kappa shape index (κ1) is 14.3. The number of halogens is 3. The molecule has 0 amide bonds. The van der Waals surface area contributed by atoms with Crippen molar-refractivity contribution in [2.45, 2.75) is 29.4 Å². The van der Waals surface area contributed by atoms with Crippen molar-refractivity contribution in [1.82, 2.24) is 0 Å². The van der Waals surface area contributed by atoms with Gasteiger partial charge in [-0.1, -0.05) is 26.0 Å². The standard InChI is InChI=1S/C12H12ClF2NS/c1-8(2)11(7-16)9-4-3-5-10(6-9)17-12(13,14)15/h3-6,8,11H,1-2H3. The Hall–Kier alpha value is -0.790. The number of nitrogens with zero attached hydrogens (tertiary/aromatic N) is 1. The lowest BCUT2D eigenvalue weighted by Crippen LogP contribution is -2.04. The molecule has 1 aromatic rings. The predicted octanol–water partition coefficient (Wildman–Crippen LogP) is 4.83. The number of hydrogen-bond donors (Lipinski definition) is 0. The van der Waals surface area contributed by atoms with Crippen LogP contribution in [0.5, 0.6) is 0 Å². The van der Waals surface area contributed by atoms with Crippen molar-refractivity contribution in [3.63, 3.8) is 0 Å². The fourth-order valence-corrected chi connectivity index (χ4v) is 2.39. The fraction of sp³-hybridized carbons (Fsp3) is 0.417. The van der Waals surface area contributed by atoms with Crippen molar-refractivity contribution in [2.24, 2.45) is 5.92 Å². The highest BCUT2D eigenvalue weighted by molar-refractivity contribution is 8.01. The van der Waals surface area contributed by atoms with Crippen LogP contribution in [0.25, 0.3) is 0 Å². The van der Waals surface area contributed by atoms with E-state index >= 15 is 0 Å². The Labute approximate surface area is 109 Å². The number of thioether (sulfide) groups is 1. The summed E-state index contributed by atoms with van der Waals surface area (Å²) < 4.78 is 22.0. The van der Waals surface area contributed by atoms with Gasteiger partial charge < -0.3 is 0 Å². The summed E-state index contributed by atoms with van der Waals surface area (Å²) in [6.07, 6.45) is 0. The molecule has 0 aliphatic heterocycles. The van der Waals surface area contributed by atoms with Crippen LogP contribution in [0, 0.1) is 17.2 Å². The number of hydrogen-bond acceptors (Lipinski definition) is 2. The normalized spacial score (nSPS) is 13.5. The Morgan fingerprint density at radius 3 is 2.53 bits per heavy atom. The van der Waals surface area contributed by atoms with Gasteiger partial charge >= 0.3 is 4.71 Å². The maximum absolute atomic E-state index is 12.6. The molecule has 92 valence electrons. The minimum absolute atomic E-state index is 0.136. The Morgan fingerprint density at radius 1 is 1.41 bits per heavy atom. The predicted molar refractivity (Wildman–Crippen MR) is 66.3 cm³/mol. The molecule has 17 heavy (non-hydrogen) atoms. The van der Waals surface area contributed by atoms with Gasteiger partial charge in [0.15, 0.2) is 0 Å². The van der Waals surface area contributed by atoms with Gasteiger partial charge in [0.2, 0.25) is 0 Å². The molecule has 1 rings (SSSR count). The van der Waals surface area contributed by atoms with E-state index < -0.39 is 4.71 Å². The van der Waals surface area contributed by atoms with E-state index in [1.165, 1.54) is 0 Å². The van der Waals surface area contributed by atoms with E-state index in [2.05, 4.69) is 6.07 Å². The number of rotatable bonds is 4. The molecule has 0 fully saturated rings. The van der Waals surface area contributed by atoms with Crippen LogP contribution in [0.3, 0.4) is 0 Å². The Morgan fingerprint density at radius 2 is 2.06 bits per heavy atom. The van der Waals surface area contributed by atoms with Crippen LogP contribution in [0.15, 0.2) is 29.2 Å². The molecule has 5 heteroatoms. The smallest absolute Gasteiger partial charge is 0.198 e. The molecule has 0 saturated heterocycles. The molecule has 0 aromatic heterocycles. The summed E-state index contributed by atoms with van der Waals surface area (Å²) in [6.45, 7) is 3.84. The van der Waals surface area contributed by atoms with Crippen LogP contribution in [-0.4, -0.2) is 4.71 Å². The lowest BCUT2D eigenvalue weighted by atomic mass is 9.90. The average Bonchev–Trinajstić information content (AvgIpc) is 2.15. The van der Waals surface area contributed by atoms with Crippen molar-refractivity contribution in [3.05, 3.63) is 29.8 Å². The van der Waals surface area contributed by atoms with E-state index in [0.717, 1.165) is 5.56 Å². The molecule has 0 bridgehead atoms. The summed E-state index contributed by atoms with van der Waals surface area (Å²) in [5.41, 5.74) is 0.744. The van der Waals surface area contributed by atoms with Gasteiger partial charge in [-0.25, -0.2) is 0 Å². The maximum atomic E-state index is 12.6. The van der Waals surface area contributed by atoms with Gasteiger partial charge in [-0.3, -0.25) is 0 Å². The molecule has 1 nitrogen and oxygen atoms in total. The zero-order valence-electron chi connectivity index (χ0n) is 9.45. The average molecular weight is 276 g/mol. The second-order valence-electron chi connectivity index (χ2n) is 3.97. The molecule has 1 unspecified atom stereocenters. The highest BCUT2D eigenvalue weighted by Gasteiger charge is 2.27. The minimum atomic E-state index is -3.32. The van der Waals surface area contributed by atoms with E-state index in [4.69, 9.17) is 16.9 Å². The van der Waals surface area contributed by atoms with Crippen molar-refractivity contribution in [3.8, 4) is 6.07 Å². The molecule has 0 heterocycles. The Bertz CT molecular complexity index is 423. The Kier molecular flexibility index (Phi) is 4.79. The third-order valence-corrected chi connectivity index (χ3v) is 3.21. The first-order valence-electron chi connectivity index (χ1n) is 5.09. The molecular formula is C12H12ClF2NS. The van der Waals surface area contributed by atoms with E-state index in [0.29, 0.717) is 4.90 Å². The third-order valence-electron chi connectivity index (χ3n) is 2.26. The van der Waals surface area contributed by atoms with Gasteiger partial charge in [0.25, 0.3) is 0 Å². The highest BCUT2D eigenvalue weighted by Crippen LogP contribution is 2.40. The van der Waals surface area contributed by atoms with Crippen molar-refractivity contribution in [2.75, 3.05) is 0 Å². The van der Waals surface area contributed by atoms with Gasteiger partial charge in [-0.05, 0) is 47.0 Å². The molecule has 1 atom stereocenters. The van der Waals surface area contributed by atoms with Crippen LogP contribution in [0.2, 0.25) is 0 Å². The van der Waals surface area contributed by atoms with Gasteiger partial charge in [-0.2, -0.15) is 14.0 Å². The van der Waals surface area contributed by atoms with Crippen LogP contribution < -0.4 is 0 Å². The van der Waals surface area contributed by atoms with Crippen molar-refractivity contribution < 1.29 is 8.78 Å². The maximum Gasteiger partial charge on any atom is 0.375 e. The molecular weight excluding hydrogens is 264 g/mol. The molecule has 0 N–H and O–H groups in total. The first-order valence-corrected chi connectivity index (χ1v) is 6.28. The van der Waals surface area contributed by atoms with Crippen molar-refractivity contribution >= 4 is 23.4 Å². The van der Waals surface area contributed by atoms with Gasteiger partial charge in [0.1, 0.15) is 0 Å². The molecule has 1 aromatic carbocycles. The molecule has 0 radical (unpaired) electrons. The largest absolute Gasteiger partial charge is 0.375 e. The lowest BCUT2D eigenvalue weighted by molar-refractivity contribution is 0.203. The van der Waals surface area contributed by atoms with Gasteiger partial charge in [-0.15, -0.1) is 0 Å². The summed E-state index contributed by atoms with van der Waals surface area (Å²) in [6, 6.07) is 8.75. The van der Waals surface area contributed by atoms with E-state index in [1.54, 1.807) is 24.3 Å². The zero-order valence-corrected chi connectivity index (χ0v) is 11.0. The lowest BCUT2D eigenvalue weighted by Gasteiger charge is -2.14. The number of benzene rings is 1. The monoisotopic (exact) mass is 275 g/mol. The Balaban J connectivity index is 2.97. The van der Waals surface area contributed by atoms with Crippen LogP contribution in [0.1, 0.15) is 25.3 Å². The van der Waals surface area contributed by atoms with E-state index in [1.807, 2.05) is 13.8 Å². The number of alkyl halides is 3. The van der Waals surface area contributed by atoms with Crippen LogP contribution >= 0.6 is 23.4 Å². The molecule has 0 spiro atoms. The molecule has 0 saturated carbocycles. The second kappa shape index (κ2) is 5.70. The SMILES string of the molecule is CC(C)C(C#N)c1cccc(SC(F)(F)Cl)c1. The summed E-state index contributed by atoms with van der Waals surface area (Å²) in [5.74, 6) is -0.156. The van der Waals surface area contributed by atoms with Gasteiger partial charge in [0.05, 0.1) is 12.0 Å².